The van der Waals surface area contributed by atoms with E-state index in [0.717, 1.165) is 16.8 Å². The summed E-state index contributed by atoms with van der Waals surface area (Å²) in [7, 11) is 0. The second-order valence-electron chi connectivity index (χ2n) is 2.60. The fourth-order valence-corrected chi connectivity index (χ4v) is 1.74. The minimum Gasteiger partial charge on any atom is -0.466 e. The Morgan fingerprint density at radius 3 is 2.87 bits per heavy atom. The molecular formula is C7H7F3N2O2S. The lowest BCUT2D eigenvalue weighted by Crippen LogP contribution is -2.20. The van der Waals surface area contributed by atoms with Crippen molar-refractivity contribution in [2.75, 3.05) is 6.61 Å². The van der Waals surface area contributed by atoms with E-state index in [1.807, 2.05) is 0 Å². The maximum absolute atomic E-state index is 12.3. The summed E-state index contributed by atoms with van der Waals surface area (Å²) in [6.45, 7) is -0.164. The Balaban J connectivity index is 2.85. The third-order valence-electron chi connectivity index (χ3n) is 1.54. The molecule has 1 heterocycles. The molecule has 15 heavy (non-hydrogen) atoms. The largest absolute Gasteiger partial charge is 0.466 e. The van der Waals surface area contributed by atoms with Gasteiger partial charge in [-0.2, -0.15) is 13.2 Å². The molecule has 84 valence electrons. The van der Waals surface area contributed by atoms with Gasteiger partial charge in [0.1, 0.15) is 6.61 Å². The lowest BCUT2D eigenvalue weighted by Gasteiger charge is -2.11. The number of aromatic nitrogens is 1. The quantitative estimate of drug-likeness (QED) is 0.806. The molecule has 0 aliphatic heterocycles. The van der Waals surface area contributed by atoms with E-state index in [9.17, 15) is 18.0 Å². The van der Waals surface area contributed by atoms with E-state index in [4.69, 9.17) is 5.73 Å². The van der Waals surface area contributed by atoms with Gasteiger partial charge in [-0.3, -0.25) is 4.79 Å². The molecule has 0 aromatic carbocycles. The van der Waals surface area contributed by atoms with Crippen molar-refractivity contribution in [1.29, 1.82) is 0 Å². The Labute approximate surface area is 86.9 Å². The number of ether oxygens (including phenoxy) is 1. The average molecular weight is 240 g/mol. The van der Waals surface area contributed by atoms with Crippen LogP contribution >= 0.6 is 11.3 Å². The van der Waals surface area contributed by atoms with Crippen LogP contribution in [0.4, 0.5) is 13.2 Å². The Bertz CT molecular complexity index is 339. The van der Waals surface area contributed by atoms with E-state index >= 15 is 0 Å². The van der Waals surface area contributed by atoms with Gasteiger partial charge in [0.2, 0.25) is 0 Å². The van der Waals surface area contributed by atoms with Crippen LogP contribution in [0.5, 0.6) is 0 Å². The number of nitrogens with zero attached hydrogens (tertiary/aromatic N) is 1. The molecule has 0 bridgehead atoms. The molecule has 8 heteroatoms. The van der Waals surface area contributed by atoms with Crippen LogP contribution in [0.3, 0.4) is 0 Å². The molecule has 0 spiro atoms. The van der Waals surface area contributed by atoms with Gasteiger partial charge in [0.25, 0.3) is 6.47 Å². The number of alkyl halides is 3. The van der Waals surface area contributed by atoms with Gasteiger partial charge in [-0.1, -0.05) is 0 Å². The number of hydrogen-bond donors (Lipinski definition) is 1. The summed E-state index contributed by atoms with van der Waals surface area (Å²) in [5, 5.41) is 0. The van der Waals surface area contributed by atoms with E-state index in [0.29, 0.717) is 0 Å². The molecule has 1 unspecified atom stereocenters. The number of carbonyl (C=O) groups excluding carboxylic acids is 1. The van der Waals surface area contributed by atoms with Crippen LogP contribution in [-0.2, 0) is 15.7 Å². The van der Waals surface area contributed by atoms with Crippen molar-refractivity contribution in [3.63, 3.8) is 0 Å². The summed E-state index contributed by atoms with van der Waals surface area (Å²) in [5.74, 6) is 0. The van der Waals surface area contributed by atoms with Crippen molar-refractivity contribution in [1.82, 2.24) is 4.98 Å². The molecule has 0 aliphatic carbocycles. The van der Waals surface area contributed by atoms with Crippen molar-refractivity contribution in [3.8, 4) is 0 Å². The first-order chi connectivity index (χ1) is 6.96. The number of rotatable bonds is 4. The maximum Gasteiger partial charge on any atom is 0.434 e. The predicted molar refractivity (Wildman–Crippen MR) is 46.1 cm³/mol. The first kappa shape index (κ1) is 11.9. The summed E-state index contributed by atoms with van der Waals surface area (Å²) >= 11 is 0.783. The van der Waals surface area contributed by atoms with Crippen LogP contribution in [0.1, 0.15) is 16.6 Å². The lowest BCUT2D eigenvalue weighted by molar-refractivity contribution is -0.141. The van der Waals surface area contributed by atoms with Gasteiger partial charge in [-0.15, -0.1) is 11.3 Å². The van der Waals surface area contributed by atoms with Crippen LogP contribution in [-0.4, -0.2) is 18.1 Å². The van der Waals surface area contributed by atoms with Crippen molar-refractivity contribution < 1.29 is 22.7 Å². The van der Waals surface area contributed by atoms with Gasteiger partial charge in [0, 0.05) is 0 Å². The molecule has 0 saturated heterocycles. The highest BCUT2D eigenvalue weighted by Gasteiger charge is 2.37. The molecule has 4 nitrogen and oxygen atoms in total. The summed E-state index contributed by atoms with van der Waals surface area (Å²) in [6.07, 6.45) is -4.53. The van der Waals surface area contributed by atoms with E-state index in [-0.39, 0.29) is 18.0 Å². The normalized spacial score (nSPS) is 13.6. The van der Waals surface area contributed by atoms with Gasteiger partial charge in [-0.05, 0) is 0 Å². The zero-order chi connectivity index (χ0) is 11.5. The summed E-state index contributed by atoms with van der Waals surface area (Å²) in [4.78, 5) is 12.9. The molecule has 1 aromatic rings. The molecule has 2 N–H and O–H groups in total. The second kappa shape index (κ2) is 4.58. The van der Waals surface area contributed by atoms with Crippen LogP contribution in [0.15, 0.2) is 5.51 Å². The maximum atomic E-state index is 12.3. The van der Waals surface area contributed by atoms with Gasteiger partial charge in [-0.25, -0.2) is 4.98 Å². The van der Waals surface area contributed by atoms with E-state index in [2.05, 4.69) is 9.72 Å². The van der Waals surface area contributed by atoms with Gasteiger partial charge >= 0.3 is 6.18 Å². The molecular weight excluding hydrogens is 233 g/mol. The average Bonchev–Trinajstić information content (AvgIpc) is 2.61. The lowest BCUT2D eigenvalue weighted by atomic mass is 10.2. The molecule has 1 rings (SSSR count). The summed E-state index contributed by atoms with van der Waals surface area (Å²) < 4.78 is 41.3. The fourth-order valence-electron chi connectivity index (χ4n) is 0.950. The first-order valence-electron chi connectivity index (χ1n) is 3.78. The summed E-state index contributed by atoms with van der Waals surface area (Å²) in [6, 6.07) is -1.00. The van der Waals surface area contributed by atoms with E-state index in [1.165, 1.54) is 0 Å². The monoisotopic (exact) mass is 240 g/mol. The molecule has 0 radical (unpaired) electrons. The van der Waals surface area contributed by atoms with Crippen molar-refractivity contribution in [3.05, 3.63) is 16.1 Å². The highest BCUT2D eigenvalue weighted by molar-refractivity contribution is 7.09. The van der Waals surface area contributed by atoms with Crippen LogP contribution in [0.25, 0.3) is 0 Å². The molecule has 1 aromatic heterocycles. The topological polar surface area (TPSA) is 65.2 Å². The number of hydrogen-bond acceptors (Lipinski definition) is 5. The van der Waals surface area contributed by atoms with Crippen molar-refractivity contribution in [2.45, 2.75) is 12.2 Å². The Morgan fingerprint density at radius 1 is 1.67 bits per heavy atom. The molecule has 0 amide bonds. The smallest absolute Gasteiger partial charge is 0.434 e. The minimum atomic E-state index is -4.53. The molecule has 0 saturated carbocycles. The Kier molecular flexibility index (Phi) is 3.64. The van der Waals surface area contributed by atoms with Crippen LogP contribution in [0, 0.1) is 0 Å². The fraction of sp³-hybridized carbons (Fsp3) is 0.429. The first-order valence-corrected chi connectivity index (χ1v) is 4.66. The van der Waals surface area contributed by atoms with Crippen molar-refractivity contribution in [2.24, 2.45) is 5.73 Å². The second-order valence-corrected chi connectivity index (χ2v) is 3.49. The highest BCUT2D eigenvalue weighted by atomic mass is 32.1. The zero-order valence-electron chi connectivity index (χ0n) is 7.32. The van der Waals surface area contributed by atoms with E-state index in [1.54, 1.807) is 0 Å². The van der Waals surface area contributed by atoms with Crippen LogP contribution in [0.2, 0.25) is 0 Å². The summed E-state index contributed by atoms with van der Waals surface area (Å²) in [5.41, 5.74) is 5.45. The van der Waals surface area contributed by atoms with Gasteiger partial charge in [0.05, 0.1) is 16.4 Å². The highest BCUT2D eigenvalue weighted by Crippen LogP contribution is 2.35. The van der Waals surface area contributed by atoms with E-state index < -0.39 is 17.9 Å². The number of nitrogens with two attached hydrogens (primary N) is 1. The molecule has 1 atom stereocenters. The minimum absolute atomic E-state index is 0.133. The number of halogens is 3. The third kappa shape index (κ3) is 2.90. The van der Waals surface area contributed by atoms with Gasteiger partial charge in [0.15, 0.2) is 5.69 Å². The zero-order valence-corrected chi connectivity index (χ0v) is 8.14. The Morgan fingerprint density at radius 2 is 2.33 bits per heavy atom. The standard InChI is InChI=1S/C7H7F3N2O2S/c8-7(9,10)6-5(15-2-12-6)4(11)1-14-3-13/h2-4H,1,11H2. The predicted octanol–water partition coefficient (Wildman–Crippen LogP) is 1.33. The van der Waals surface area contributed by atoms with Gasteiger partial charge < -0.3 is 10.5 Å². The molecule has 0 fully saturated rings. The number of thiazole rings is 1. The Hall–Kier alpha value is -1.15. The van der Waals surface area contributed by atoms with Crippen molar-refractivity contribution >= 4 is 17.8 Å². The SMILES string of the molecule is NC(COC=O)c1scnc1C(F)(F)F. The third-order valence-corrected chi connectivity index (χ3v) is 2.50. The van der Waals surface area contributed by atoms with Crippen LogP contribution < -0.4 is 5.73 Å². The molecule has 0 aliphatic rings. The number of carbonyl (C=O) groups is 1.